The van der Waals surface area contributed by atoms with Crippen molar-refractivity contribution >= 4 is 23.6 Å². The van der Waals surface area contributed by atoms with E-state index >= 15 is 0 Å². The van der Waals surface area contributed by atoms with Gasteiger partial charge < -0.3 is 22.1 Å². The zero-order chi connectivity index (χ0) is 22.1. The summed E-state index contributed by atoms with van der Waals surface area (Å²) in [6.07, 6.45) is 4.55. The molecule has 0 spiro atoms. The van der Waals surface area contributed by atoms with Gasteiger partial charge in [-0.15, -0.1) is 0 Å². The maximum atomic E-state index is 12.2. The molecule has 0 radical (unpaired) electrons. The van der Waals surface area contributed by atoms with E-state index in [0.717, 1.165) is 25.9 Å². The Morgan fingerprint density at radius 3 is 1.47 bits per heavy atom. The lowest BCUT2D eigenvalue weighted by atomic mass is 10.1. The van der Waals surface area contributed by atoms with E-state index in [1.807, 2.05) is 4.90 Å². The number of nitrogens with two attached hydrogens (primary N) is 3. The molecule has 4 amide bonds. The molecule has 6 N–H and O–H groups in total. The molecule has 0 saturated carbocycles. The van der Waals surface area contributed by atoms with Gasteiger partial charge in [-0.2, -0.15) is 0 Å². The fourth-order valence-electron chi connectivity index (χ4n) is 3.06. The van der Waals surface area contributed by atoms with Crippen molar-refractivity contribution in [3.05, 3.63) is 70.8 Å². The predicted octanol–water partition coefficient (Wildman–Crippen LogP) is 1.69. The second kappa shape index (κ2) is 10.8. The second-order valence-electron chi connectivity index (χ2n) is 6.96. The van der Waals surface area contributed by atoms with Crippen LogP contribution in [0.3, 0.4) is 0 Å². The highest BCUT2D eigenvalue weighted by molar-refractivity contribution is 5.98. The van der Waals surface area contributed by atoms with Crippen LogP contribution in [0, 0.1) is 0 Å². The molecule has 1 heterocycles. The number of carbonyl (C=O) groups is 4. The third kappa shape index (κ3) is 6.44. The van der Waals surface area contributed by atoms with Gasteiger partial charge in [-0.25, -0.2) is 0 Å². The van der Waals surface area contributed by atoms with Crippen LogP contribution in [-0.4, -0.2) is 41.6 Å². The molecule has 2 aromatic carbocycles. The highest BCUT2D eigenvalue weighted by atomic mass is 16.2. The molecule has 2 aromatic rings. The third-order valence-electron chi connectivity index (χ3n) is 4.74. The zero-order valence-electron chi connectivity index (χ0n) is 16.7. The van der Waals surface area contributed by atoms with E-state index in [-0.39, 0.29) is 17.0 Å². The van der Waals surface area contributed by atoms with Crippen LogP contribution in [0.5, 0.6) is 0 Å². The monoisotopic (exact) mass is 410 g/mol. The van der Waals surface area contributed by atoms with Gasteiger partial charge in [-0.1, -0.05) is 18.9 Å². The molecule has 1 aliphatic rings. The number of likely N-dealkylation sites (tertiary alicyclic amines) is 1. The van der Waals surface area contributed by atoms with Gasteiger partial charge in [0.2, 0.25) is 17.7 Å². The van der Waals surface area contributed by atoms with Gasteiger partial charge in [0.15, 0.2) is 0 Å². The van der Waals surface area contributed by atoms with Crippen LogP contribution in [0.4, 0.5) is 0 Å². The van der Waals surface area contributed by atoms with Crippen molar-refractivity contribution in [2.45, 2.75) is 25.7 Å². The molecule has 0 unspecified atom stereocenters. The van der Waals surface area contributed by atoms with Crippen LogP contribution < -0.4 is 17.2 Å². The van der Waals surface area contributed by atoms with Gasteiger partial charge in [0.1, 0.15) is 0 Å². The molecule has 0 aromatic heterocycles. The average Bonchev–Trinajstić information content (AvgIpc) is 3.03. The van der Waals surface area contributed by atoms with Crippen LogP contribution >= 0.6 is 0 Å². The van der Waals surface area contributed by atoms with Gasteiger partial charge >= 0.3 is 0 Å². The Balaban J connectivity index is 0.000000232. The summed E-state index contributed by atoms with van der Waals surface area (Å²) in [7, 11) is 0. The molecule has 30 heavy (non-hydrogen) atoms. The van der Waals surface area contributed by atoms with Crippen molar-refractivity contribution in [3.8, 4) is 0 Å². The van der Waals surface area contributed by atoms with Crippen molar-refractivity contribution in [2.24, 2.45) is 17.2 Å². The van der Waals surface area contributed by atoms with Crippen LogP contribution in [0.15, 0.2) is 48.5 Å². The fraction of sp³-hybridized carbons (Fsp3) is 0.273. The Morgan fingerprint density at radius 1 is 0.600 bits per heavy atom. The maximum absolute atomic E-state index is 12.2. The molecule has 158 valence electrons. The normalized spacial score (nSPS) is 13.4. The summed E-state index contributed by atoms with van der Waals surface area (Å²) in [6.45, 7) is 1.66. The van der Waals surface area contributed by atoms with Gasteiger partial charge in [-0.3, -0.25) is 19.2 Å². The van der Waals surface area contributed by atoms with Crippen molar-refractivity contribution in [2.75, 3.05) is 13.1 Å². The Labute approximate surface area is 175 Å². The first-order chi connectivity index (χ1) is 14.3. The van der Waals surface area contributed by atoms with Crippen LogP contribution in [-0.2, 0) is 0 Å². The Morgan fingerprint density at radius 2 is 1.03 bits per heavy atom. The van der Waals surface area contributed by atoms with Gasteiger partial charge in [0, 0.05) is 35.3 Å². The first-order valence-electron chi connectivity index (χ1n) is 9.68. The summed E-state index contributed by atoms with van der Waals surface area (Å²) in [6, 6.07) is 12.5. The number of primary amides is 3. The fourth-order valence-corrected chi connectivity index (χ4v) is 3.06. The minimum atomic E-state index is -0.571. The number of nitrogens with zero attached hydrogens (tertiary/aromatic N) is 1. The van der Waals surface area contributed by atoms with Crippen LogP contribution in [0.25, 0.3) is 0 Å². The second-order valence-corrected chi connectivity index (χ2v) is 6.96. The predicted molar refractivity (Wildman–Crippen MR) is 113 cm³/mol. The number of hydrogen-bond acceptors (Lipinski definition) is 4. The molecular weight excluding hydrogens is 384 g/mol. The Kier molecular flexibility index (Phi) is 8.10. The van der Waals surface area contributed by atoms with E-state index in [0.29, 0.717) is 11.1 Å². The van der Waals surface area contributed by atoms with E-state index < -0.39 is 17.7 Å². The van der Waals surface area contributed by atoms with Crippen LogP contribution in [0.2, 0.25) is 0 Å². The van der Waals surface area contributed by atoms with Crippen molar-refractivity contribution in [1.82, 2.24) is 4.90 Å². The van der Waals surface area contributed by atoms with E-state index in [1.54, 1.807) is 30.3 Å². The van der Waals surface area contributed by atoms with Crippen molar-refractivity contribution < 1.29 is 19.2 Å². The lowest BCUT2D eigenvalue weighted by Gasteiger charge is -2.20. The van der Waals surface area contributed by atoms with Crippen molar-refractivity contribution in [1.29, 1.82) is 0 Å². The lowest BCUT2D eigenvalue weighted by Crippen LogP contribution is -2.31. The van der Waals surface area contributed by atoms with Crippen LogP contribution in [0.1, 0.15) is 67.1 Å². The summed E-state index contributed by atoms with van der Waals surface area (Å²) >= 11 is 0. The number of benzene rings is 2. The van der Waals surface area contributed by atoms with Gasteiger partial charge in [0.25, 0.3) is 5.91 Å². The summed E-state index contributed by atoms with van der Waals surface area (Å²) in [5.41, 5.74) is 16.8. The average molecular weight is 410 g/mol. The Hall–Kier alpha value is -3.68. The minimum Gasteiger partial charge on any atom is -0.366 e. The largest absolute Gasteiger partial charge is 0.366 e. The molecule has 0 bridgehead atoms. The van der Waals surface area contributed by atoms with Gasteiger partial charge in [-0.05, 0) is 55.3 Å². The topological polar surface area (TPSA) is 150 Å². The molecule has 0 aliphatic carbocycles. The smallest absolute Gasteiger partial charge is 0.253 e. The first kappa shape index (κ1) is 22.6. The molecule has 8 nitrogen and oxygen atoms in total. The standard InChI is InChI=1S/C14H18N2O2.C8H8N2O2/c15-13(17)11-5-7-12(8-6-11)14(18)16-9-3-1-2-4-10-16;9-7(11)5-2-1-3-6(4-5)8(10)12/h5-8H,1-4,9-10H2,(H2,15,17);1-4H,(H2,9,11)(H2,10,12). The van der Waals surface area contributed by atoms with Gasteiger partial charge in [0.05, 0.1) is 0 Å². The first-order valence-corrected chi connectivity index (χ1v) is 9.68. The molecule has 1 fully saturated rings. The molecule has 8 heteroatoms. The van der Waals surface area contributed by atoms with Crippen molar-refractivity contribution in [3.63, 3.8) is 0 Å². The van der Waals surface area contributed by atoms with E-state index in [2.05, 4.69) is 0 Å². The Bertz CT molecular complexity index is 888. The highest BCUT2D eigenvalue weighted by Gasteiger charge is 2.17. The third-order valence-corrected chi connectivity index (χ3v) is 4.74. The number of hydrogen-bond donors (Lipinski definition) is 3. The SMILES string of the molecule is NC(=O)c1ccc(C(=O)N2CCCCCC2)cc1.NC(=O)c1cccc(C(N)=O)c1. The summed E-state index contributed by atoms with van der Waals surface area (Å²) in [4.78, 5) is 46.4. The summed E-state index contributed by atoms with van der Waals surface area (Å²) < 4.78 is 0. The molecule has 3 rings (SSSR count). The number of carbonyl (C=O) groups excluding carboxylic acids is 4. The highest BCUT2D eigenvalue weighted by Crippen LogP contribution is 2.14. The van der Waals surface area contributed by atoms with E-state index in [4.69, 9.17) is 17.2 Å². The molecule has 1 aliphatic heterocycles. The summed E-state index contributed by atoms with van der Waals surface area (Å²) in [5, 5.41) is 0. The lowest BCUT2D eigenvalue weighted by molar-refractivity contribution is 0.0760. The molecular formula is C22H26N4O4. The number of amides is 4. The molecule has 0 atom stereocenters. The maximum Gasteiger partial charge on any atom is 0.253 e. The van der Waals surface area contributed by atoms with E-state index in [9.17, 15) is 19.2 Å². The summed E-state index contributed by atoms with van der Waals surface area (Å²) in [5.74, 6) is -1.56. The molecule has 1 saturated heterocycles. The van der Waals surface area contributed by atoms with E-state index in [1.165, 1.54) is 31.0 Å². The number of rotatable bonds is 4. The quantitative estimate of drug-likeness (QED) is 0.703. The minimum absolute atomic E-state index is 0.0490. The zero-order valence-corrected chi connectivity index (χ0v) is 16.7.